The number of anilines is 1. The van der Waals surface area contributed by atoms with Crippen LogP contribution in [-0.4, -0.2) is 9.78 Å². The second-order valence-electron chi connectivity index (χ2n) is 6.39. The lowest BCUT2D eigenvalue weighted by Crippen LogP contribution is -2.16. The highest BCUT2D eigenvalue weighted by atomic mass is 79.9. The van der Waals surface area contributed by atoms with Gasteiger partial charge in [-0.25, -0.2) is 4.68 Å². The third-order valence-electron chi connectivity index (χ3n) is 3.77. The first-order valence-corrected chi connectivity index (χ1v) is 7.74. The van der Waals surface area contributed by atoms with Crippen LogP contribution in [0.2, 0.25) is 0 Å². The zero-order valence-electron chi connectivity index (χ0n) is 11.7. The molecule has 3 nitrogen and oxygen atoms in total. The molecule has 1 fully saturated rings. The topological polar surface area (TPSA) is 43.8 Å². The fourth-order valence-corrected chi connectivity index (χ4v) is 3.54. The quantitative estimate of drug-likeness (QED) is 0.780. The number of nitrogens with two attached hydrogens (primary N) is 1. The van der Waals surface area contributed by atoms with Crippen molar-refractivity contribution >= 4 is 21.7 Å². The van der Waals surface area contributed by atoms with E-state index in [1.807, 2.05) is 0 Å². The van der Waals surface area contributed by atoms with Gasteiger partial charge in [-0.3, -0.25) is 0 Å². The van der Waals surface area contributed by atoms with E-state index < -0.39 is 0 Å². The largest absolute Gasteiger partial charge is 0.383 e. The molecule has 1 heterocycles. The molecule has 0 saturated heterocycles. The molecule has 0 aliphatic heterocycles. The van der Waals surface area contributed by atoms with Crippen LogP contribution in [0.4, 0.5) is 5.82 Å². The van der Waals surface area contributed by atoms with Crippen molar-refractivity contribution in [1.29, 1.82) is 0 Å². The maximum absolute atomic E-state index is 6.24. The molecule has 0 amide bonds. The van der Waals surface area contributed by atoms with Crippen LogP contribution in [0, 0.1) is 0 Å². The normalized spacial score (nSPS) is 18.9. The summed E-state index contributed by atoms with van der Waals surface area (Å²) in [6.07, 6.45) is 7.72. The average molecular weight is 314 g/mol. The lowest BCUT2D eigenvalue weighted by molar-refractivity contribution is 0.401. The predicted octanol–water partition coefficient (Wildman–Crippen LogP) is 4.42. The third kappa shape index (κ3) is 2.73. The summed E-state index contributed by atoms with van der Waals surface area (Å²) >= 11 is 3.61. The summed E-state index contributed by atoms with van der Waals surface area (Å²) in [6.45, 7) is 6.53. The predicted molar refractivity (Wildman–Crippen MR) is 79.8 cm³/mol. The summed E-state index contributed by atoms with van der Waals surface area (Å²) in [5.41, 5.74) is 7.34. The van der Waals surface area contributed by atoms with Gasteiger partial charge in [-0.2, -0.15) is 5.10 Å². The molecule has 0 spiro atoms. The molecular formula is C14H24BrN3. The van der Waals surface area contributed by atoms with Crippen molar-refractivity contribution < 1.29 is 0 Å². The maximum Gasteiger partial charge on any atom is 0.136 e. The summed E-state index contributed by atoms with van der Waals surface area (Å²) in [5.74, 6) is 0.798. The summed E-state index contributed by atoms with van der Waals surface area (Å²) in [5, 5.41) is 4.79. The Morgan fingerprint density at radius 1 is 1.17 bits per heavy atom. The summed E-state index contributed by atoms with van der Waals surface area (Å²) < 4.78 is 3.05. The van der Waals surface area contributed by atoms with E-state index in [0.29, 0.717) is 6.04 Å². The number of rotatable bonds is 1. The zero-order chi connectivity index (χ0) is 13.3. The van der Waals surface area contributed by atoms with Crippen LogP contribution in [0.15, 0.2) is 4.47 Å². The SMILES string of the molecule is CC(C)(C)c1nn(C2CCCCCC2)c(N)c1Br. The molecule has 1 saturated carbocycles. The highest BCUT2D eigenvalue weighted by Gasteiger charge is 2.27. The van der Waals surface area contributed by atoms with Crippen LogP contribution in [0.25, 0.3) is 0 Å². The Kier molecular flexibility index (Phi) is 4.05. The van der Waals surface area contributed by atoms with E-state index in [1.165, 1.54) is 38.5 Å². The first-order chi connectivity index (χ1) is 8.41. The van der Waals surface area contributed by atoms with Crippen molar-refractivity contribution in [2.75, 3.05) is 5.73 Å². The number of halogens is 1. The van der Waals surface area contributed by atoms with Crippen LogP contribution < -0.4 is 5.73 Å². The molecule has 0 aromatic carbocycles. The van der Waals surface area contributed by atoms with Gasteiger partial charge in [0.25, 0.3) is 0 Å². The molecule has 0 atom stereocenters. The van der Waals surface area contributed by atoms with E-state index in [2.05, 4.69) is 41.4 Å². The Labute approximate surface area is 118 Å². The molecule has 1 aromatic rings. The third-order valence-corrected chi connectivity index (χ3v) is 4.55. The molecule has 4 heteroatoms. The minimum Gasteiger partial charge on any atom is -0.383 e. The lowest BCUT2D eigenvalue weighted by Gasteiger charge is -2.17. The van der Waals surface area contributed by atoms with Crippen molar-refractivity contribution in [1.82, 2.24) is 9.78 Å². The molecule has 1 aliphatic carbocycles. The molecular weight excluding hydrogens is 290 g/mol. The fraction of sp³-hybridized carbons (Fsp3) is 0.786. The van der Waals surface area contributed by atoms with E-state index in [4.69, 9.17) is 10.8 Å². The Hall–Kier alpha value is -0.510. The minimum atomic E-state index is 0.0307. The van der Waals surface area contributed by atoms with Crippen LogP contribution in [0.3, 0.4) is 0 Å². The molecule has 0 bridgehead atoms. The molecule has 102 valence electrons. The first kappa shape index (κ1) is 13.9. The molecule has 0 radical (unpaired) electrons. The van der Waals surface area contributed by atoms with Gasteiger partial charge in [-0.05, 0) is 28.8 Å². The average Bonchev–Trinajstić information content (AvgIpc) is 2.52. The van der Waals surface area contributed by atoms with Crippen LogP contribution in [0.1, 0.15) is 71.0 Å². The van der Waals surface area contributed by atoms with E-state index in [9.17, 15) is 0 Å². The van der Waals surface area contributed by atoms with Gasteiger partial charge in [-0.1, -0.05) is 46.5 Å². The summed E-state index contributed by atoms with van der Waals surface area (Å²) in [6, 6.07) is 0.486. The van der Waals surface area contributed by atoms with Gasteiger partial charge in [0.15, 0.2) is 0 Å². The van der Waals surface area contributed by atoms with Crippen LogP contribution in [-0.2, 0) is 5.41 Å². The molecule has 2 rings (SSSR count). The van der Waals surface area contributed by atoms with Crippen molar-refractivity contribution in [3.05, 3.63) is 10.2 Å². The molecule has 1 aromatic heterocycles. The Bertz CT molecular complexity index is 409. The van der Waals surface area contributed by atoms with Crippen LogP contribution in [0.5, 0.6) is 0 Å². The van der Waals surface area contributed by atoms with Crippen molar-refractivity contribution in [3.63, 3.8) is 0 Å². The minimum absolute atomic E-state index is 0.0307. The number of hydrogen-bond acceptors (Lipinski definition) is 2. The van der Waals surface area contributed by atoms with Gasteiger partial charge in [-0.15, -0.1) is 0 Å². The smallest absolute Gasteiger partial charge is 0.136 e. The summed E-state index contributed by atoms with van der Waals surface area (Å²) in [7, 11) is 0. The monoisotopic (exact) mass is 313 g/mol. The second kappa shape index (κ2) is 5.24. The number of nitrogens with zero attached hydrogens (tertiary/aromatic N) is 2. The van der Waals surface area contributed by atoms with E-state index in [0.717, 1.165) is 16.0 Å². The first-order valence-electron chi connectivity index (χ1n) is 6.95. The van der Waals surface area contributed by atoms with Gasteiger partial charge in [0, 0.05) is 5.41 Å². The highest BCUT2D eigenvalue weighted by molar-refractivity contribution is 9.10. The molecule has 0 unspecified atom stereocenters. The Balaban J connectivity index is 2.33. The number of hydrogen-bond donors (Lipinski definition) is 1. The van der Waals surface area contributed by atoms with E-state index >= 15 is 0 Å². The van der Waals surface area contributed by atoms with E-state index in [-0.39, 0.29) is 5.41 Å². The molecule has 2 N–H and O–H groups in total. The number of aromatic nitrogens is 2. The highest BCUT2D eigenvalue weighted by Crippen LogP contribution is 2.37. The van der Waals surface area contributed by atoms with Crippen molar-refractivity contribution in [2.45, 2.75) is 70.8 Å². The van der Waals surface area contributed by atoms with Gasteiger partial charge in [0.2, 0.25) is 0 Å². The maximum atomic E-state index is 6.24. The van der Waals surface area contributed by atoms with Gasteiger partial charge < -0.3 is 5.73 Å². The molecule has 18 heavy (non-hydrogen) atoms. The fourth-order valence-electron chi connectivity index (χ4n) is 2.69. The standard InChI is InChI=1S/C14H24BrN3/c1-14(2,3)12-11(15)13(16)18(17-12)10-8-6-4-5-7-9-10/h10H,4-9,16H2,1-3H3. The second-order valence-corrected chi connectivity index (χ2v) is 7.18. The number of nitrogen functional groups attached to an aromatic ring is 1. The van der Waals surface area contributed by atoms with Crippen LogP contribution >= 0.6 is 15.9 Å². The summed E-state index contributed by atoms with van der Waals surface area (Å²) in [4.78, 5) is 0. The Morgan fingerprint density at radius 3 is 2.17 bits per heavy atom. The van der Waals surface area contributed by atoms with Crippen molar-refractivity contribution in [3.8, 4) is 0 Å². The Morgan fingerprint density at radius 2 is 1.72 bits per heavy atom. The van der Waals surface area contributed by atoms with Gasteiger partial charge in [0.1, 0.15) is 5.82 Å². The van der Waals surface area contributed by atoms with Crippen molar-refractivity contribution in [2.24, 2.45) is 0 Å². The lowest BCUT2D eigenvalue weighted by atomic mass is 9.92. The van der Waals surface area contributed by atoms with E-state index in [1.54, 1.807) is 0 Å². The van der Waals surface area contributed by atoms with Gasteiger partial charge >= 0.3 is 0 Å². The zero-order valence-corrected chi connectivity index (χ0v) is 13.3. The van der Waals surface area contributed by atoms with Gasteiger partial charge in [0.05, 0.1) is 16.2 Å². The molecule has 1 aliphatic rings.